The molecule has 4 heteroatoms. The molecule has 3 rings (SSSR count). The molecule has 128 valence electrons. The Labute approximate surface area is 140 Å². The zero-order valence-corrected chi connectivity index (χ0v) is 14.5. The monoisotopic (exact) mass is 318 g/mol. The Bertz CT molecular complexity index is 476. The molecule has 0 unspecified atom stereocenters. The fourth-order valence-corrected chi connectivity index (χ4v) is 4.23. The molecular weight excluding hydrogens is 288 g/mol. The lowest BCUT2D eigenvalue weighted by Crippen LogP contribution is -2.47. The molecule has 1 saturated heterocycles. The van der Waals surface area contributed by atoms with E-state index in [0.29, 0.717) is 6.04 Å². The van der Waals surface area contributed by atoms with E-state index < -0.39 is 0 Å². The smallest absolute Gasteiger partial charge is 0.161 e. The van der Waals surface area contributed by atoms with Gasteiger partial charge in [-0.3, -0.25) is 4.90 Å². The third-order valence-corrected chi connectivity index (χ3v) is 5.39. The summed E-state index contributed by atoms with van der Waals surface area (Å²) in [5.74, 6) is 2.43. The fraction of sp³-hybridized carbons (Fsp3) is 0.684. The molecule has 0 aromatic heterocycles. The Balaban J connectivity index is 1.89. The van der Waals surface area contributed by atoms with Crippen LogP contribution in [0.5, 0.6) is 11.5 Å². The van der Waals surface area contributed by atoms with Gasteiger partial charge in [0.15, 0.2) is 11.5 Å². The first-order chi connectivity index (χ1) is 11.3. The molecule has 1 aliphatic carbocycles. The predicted molar refractivity (Wildman–Crippen MR) is 93.3 cm³/mol. The summed E-state index contributed by atoms with van der Waals surface area (Å²) < 4.78 is 11.0. The minimum atomic E-state index is 0.511. The summed E-state index contributed by atoms with van der Waals surface area (Å²) in [5, 5.41) is 3.48. The van der Waals surface area contributed by atoms with Crippen LogP contribution in [0.3, 0.4) is 0 Å². The highest BCUT2D eigenvalue weighted by atomic mass is 16.5. The number of nitrogens with zero attached hydrogens (tertiary/aromatic N) is 1. The standard InChI is InChI=1S/C19H30N2O2/c1-22-17-9-8-16(14-18(17)23-2)19(15-6-4-3-5-7-15)21-12-10-20-11-13-21/h8-9,14-15,19-20H,3-7,10-13H2,1-2H3/t19-/m1/s1. The van der Waals surface area contributed by atoms with Crippen LogP contribution >= 0.6 is 0 Å². The fourth-order valence-electron chi connectivity index (χ4n) is 4.23. The largest absolute Gasteiger partial charge is 0.493 e. The molecule has 1 N–H and O–H groups in total. The highest BCUT2D eigenvalue weighted by Crippen LogP contribution is 2.41. The topological polar surface area (TPSA) is 33.7 Å². The molecule has 0 bridgehead atoms. The Kier molecular flexibility index (Phi) is 5.79. The average molecular weight is 318 g/mol. The van der Waals surface area contributed by atoms with E-state index in [9.17, 15) is 0 Å². The third kappa shape index (κ3) is 3.81. The summed E-state index contributed by atoms with van der Waals surface area (Å²) in [6.07, 6.45) is 6.85. The highest BCUT2D eigenvalue weighted by Gasteiger charge is 2.31. The second kappa shape index (κ2) is 8.02. The van der Waals surface area contributed by atoms with E-state index in [-0.39, 0.29) is 0 Å². The van der Waals surface area contributed by atoms with Crippen molar-refractivity contribution in [1.82, 2.24) is 10.2 Å². The van der Waals surface area contributed by atoms with Gasteiger partial charge in [-0.05, 0) is 36.5 Å². The molecular formula is C19H30N2O2. The number of piperazine rings is 1. The maximum Gasteiger partial charge on any atom is 0.161 e. The van der Waals surface area contributed by atoms with Crippen molar-refractivity contribution in [3.05, 3.63) is 23.8 Å². The van der Waals surface area contributed by atoms with Gasteiger partial charge in [0.2, 0.25) is 0 Å². The van der Waals surface area contributed by atoms with Crippen molar-refractivity contribution in [1.29, 1.82) is 0 Å². The minimum Gasteiger partial charge on any atom is -0.493 e. The molecule has 23 heavy (non-hydrogen) atoms. The summed E-state index contributed by atoms with van der Waals surface area (Å²) in [4.78, 5) is 2.67. The molecule has 4 nitrogen and oxygen atoms in total. The van der Waals surface area contributed by atoms with Gasteiger partial charge in [-0.1, -0.05) is 25.3 Å². The number of benzene rings is 1. The quantitative estimate of drug-likeness (QED) is 0.904. The maximum absolute atomic E-state index is 5.55. The Morgan fingerprint density at radius 2 is 1.70 bits per heavy atom. The van der Waals surface area contributed by atoms with Crippen molar-refractivity contribution in [3.8, 4) is 11.5 Å². The van der Waals surface area contributed by atoms with E-state index in [1.807, 2.05) is 0 Å². The predicted octanol–water partition coefficient (Wildman–Crippen LogP) is 3.23. The lowest BCUT2D eigenvalue weighted by atomic mass is 9.80. The van der Waals surface area contributed by atoms with Gasteiger partial charge in [0.05, 0.1) is 14.2 Å². The van der Waals surface area contributed by atoms with Crippen LogP contribution in [-0.4, -0.2) is 45.3 Å². The summed E-state index contributed by atoms with van der Waals surface area (Å²) in [6, 6.07) is 7.01. The van der Waals surface area contributed by atoms with Gasteiger partial charge < -0.3 is 14.8 Å². The summed E-state index contributed by atoms with van der Waals surface area (Å²) >= 11 is 0. The zero-order valence-electron chi connectivity index (χ0n) is 14.5. The first kappa shape index (κ1) is 16.6. The molecule has 2 fully saturated rings. The van der Waals surface area contributed by atoms with E-state index in [0.717, 1.165) is 43.6 Å². The van der Waals surface area contributed by atoms with E-state index in [4.69, 9.17) is 9.47 Å². The van der Waals surface area contributed by atoms with Crippen LogP contribution in [0.25, 0.3) is 0 Å². The van der Waals surface area contributed by atoms with Crippen LogP contribution in [0.2, 0.25) is 0 Å². The van der Waals surface area contributed by atoms with Crippen LogP contribution in [0.15, 0.2) is 18.2 Å². The van der Waals surface area contributed by atoms with Crippen LogP contribution in [0, 0.1) is 5.92 Å². The van der Waals surface area contributed by atoms with Crippen molar-refractivity contribution in [2.24, 2.45) is 5.92 Å². The van der Waals surface area contributed by atoms with Crippen LogP contribution in [-0.2, 0) is 0 Å². The lowest BCUT2D eigenvalue weighted by molar-refractivity contribution is 0.103. The van der Waals surface area contributed by atoms with Crippen molar-refractivity contribution in [2.75, 3.05) is 40.4 Å². The van der Waals surface area contributed by atoms with Gasteiger partial charge in [0, 0.05) is 32.2 Å². The summed E-state index contributed by atoms with van der Waals surface area (Å²) in [7, 11) is 3.43. The maximum atomic E-state index is 5.55. The van der Waals surface area contributed by atoms with Gasteiger partial charge in [0.25, 0.3) is 0 Å². The Morgan fingerprint density at radius 3 is 2.35 bits per heavy atom. The normalized spacial score (nSPS) is 21.8. The minimum absolute atomic E-state index is 0.511. The SMILES string of the molecule is COc1ccc([C@@H](C2CCCCC2)N2CCNCC2)cc1OC. The highest BCUT2D eigenvalue weighted by molar-refractivity contribution is 5.44. The van der Waals surface area contributed by atoms with Gasteiger partial charge in [0.1, 0.15) is 0 Å². The van der Waals surface area contributed by atoms with E-state index in [2.05, 4.69) is 28.4 Å². The van der Waals surface area contributed by atoms with E-state index >= 15 is 0 Å². The first-order valence-corrected chi connectivity index (χ1v) is 9.00. The summed E-state index contributed by atoms with van der Waals surface area (Å²) in [6.45, 7) is 4.46. The van der Waals surface area contributed by atoms with E-state index in [1.54, 1.807) is 14.2 Å². The summed E-state index contributed by atoms with van der Waals surface area (Å²) in [5.41, 5.74) is 1.39. The zero-order chi connectivity index (χ0) is 16.1. The van der Waals surface area contributed by atoms with Crippen LogP contribution in [0.4, 0.5) is 0 Å². The molecule has 1 saturated carbocycles. The lowest BCUT2D eigenvalue weighted by Gasteiger charge is -2.41. The first-order valence-electron chi connectivity index (χ1n) is 9.00. The molecule has 2 aliphatic rings. The van der Waals surface area contributed by atoms with Crippen LogP contribution in [0.1, 0.15) is 43.7 Å². The van der Waals surface area contributed by atoms with Crippen LogP contribution < -0.4 is 14.8 Å². The van der Waals surface area contributed by atoms with Crippen molar-refractivity contribution in [2.45, 2.75) is 38.1 Å². The molecule has 1 atom stereocenters. The Hall–Kier alpha value is -1.26. The second-order valence-electron chi connectivity index (χ2n) is 6.74. The molecule has 0 amide bonds. The second-order valence-corrected chi connectivity index (χ2v) is 6.74. The number of hydrogen-bond donors (Lipinski definition) is 1. The van der Waals surface area contributed by atoms with E-state index in [1.165, 1.54) is 37.7 Å². The molecule has 1 aliphatic heterocycles. The van der Waals surface area contributed by atoms with Gasteiger partial charge >= 0.3 is 0 Å². The number of hydrogen-bond acceptors (Lipinski definition) is 4. The van der Waals surface area contributed by atoms with Crippen molar-refractivity contribution in [3.63, 3.8) is 0 Å². The average Bonchev–Trinajstić information content (AvgIpc) is 2.63. The molecule has 1 aromatic carbocycles. The van der Waals surface area contributed by atoms with Gasteiger partial charge in [-0.2, -0.15) is 0 Å². The number of methoxy groups -OCH3 is 2. The number of rotatable bonds is 5. The van der Waals surface area contributed by atoms with Gasteiger partial charge in [-0.15, -0.1) is 0 Å². The molecule has 1 aromatic rings. The van der Waals surface area contributed by atoms with Crippen molar-refractivity contribution < 1.29 is 9.47 Å². The molecule has 0 spiro atoms. The number of nitrogens with one attached hydrogen (secondary N) is 1. The number of ether oxygens (including phenoxy) is 2. The van der Waals surface area contributed by atoms with Gasteiger partial charge in [-0.25, -0.2) is 0 Å². The Morgan fingerprint density at radius 1 is 1.00 bits per heavy atom. The van der Waals surface area contributed by atoms with Crippen molar-refractivity contribution >= 4 is 0 Å². The molecule has 1 heterocycles. The molecule has 0 radical (unpaired) electrons. The third-order valence-electron chi connectivity index (χ3n) is 5.39.